The zero-order valence-corrected chi connectivity index (χ0v) is 8.34. The lowest BCUT2D eigenvalue weighted by Gasteiger charge is -1.89. The van der Waals surface area contributed by atoms with Gasteiger partial charge in [-0.3, -0.25) is 0 Å². The van der Waals surface area contributed by atoms with Crippen molar-refractivity contribution in [2.75, 3.05) is 0 Å². The van der Waals surface area contributed by atoms with E-state index in [4.69, 9.17) is 0 Å². The van der Waals surface area contributed by atoms with E-state index in [1.54, 1.807) is 11.3 Å². The van der Waals surface area contributed by atoms with Gasteiger partial charge in [0, 0.05) is 5.38 Å². The predicted octanol–water partition coefficient (Wildman–Crippen LogP) is 0.888. The SMILES string of the molecule is C1=c2nc(-c3cscn3)[nH]c2=CCC1. The molecule has 3 nitrogen and oxygen atoms in total. The first kappa shape index (κ1) is 7.94. The van der Waals surface area contributed by atoms with Gasteiger partial charge in [-0.05, 0) is 12.8 Å². The van der Waals surface area contributed by atoms with Crippen LogP contribution in [0.15, 0.2) is 10.9 Å². The topological polar surface area (TPSA) is 41.6 Å². The van der Waals surface area contributed by atoms with Crippen molar-refractivity contribution in [3.63, 3.8) is 0 Å². The van der Waals surface area contributed by atoms with E-state index in [9.17, 15) is 0 Å². The van der Waals surface area contributed by atoms with E-state index in [2.05, 4.69) is 27.1 Å². The maximum Gasteiger partial charge on any atom is 0.158 e. The van der Waals surface area contributed by atoms with Crippen molar-refractivity contribution >= 4 is 23.5 Å². The van der Waals surface area contributed by atoms with E-state index in [1.807, 2.05) is 10.9 Å². The molecule has 0 radical (unpaired) electrons. The highest BCUT2D eigenvalue weighted by Crippen LogP contribution is 2.11. The molecule has 2 aromatic heterocycles. The van der Waals surface area contributed by atoms with Crippen LogP contribution in [0.25, 0.3) is 23.7 Å². The number of imidazole rings is 1. The van der Waals surface area contributed by atoms with Crippen molar-refractivity contribution in [1.82, 2.24) is 15.0 Å². The van der Waals surface area contributed by atoms with Crippen LogP contribution < -0.4 is 10.7 Å². The Hall–Kier alpha value is -1.42. The van der Waals surface area contributed by atoms with Gasteiger partial charge >= 0.3 is 0 Å². The summed E-state index contributed by atoms with van der Waals surface area (Å²) in [4.78, 5) is 12.0. The molecule has 0 aromatic carbocycles. The van der Waals surface area contributed by atoms with Crippen molar-refractivity contribution < 1.29 is 0 Å². The van der Waals surface area contributed by atoms with Crippen molar-refractivity contribution in [3.8, 4) is 11.5 Å². The molecule has 0 amide bonds. The van der Waals surface area contributed by atoms with Gasteiger partial charge in [0.15, 0.2) is 5.82 Å². The molecule has 0 spiro atoms. The van der Waals surface area contributed by atoms with Gasteiger partial charge in [-0.15, -0.1) is 11.3 Å². The third-order valence-corrected chi connectivity index (χ3v) is 2.88. The highest BCUT2D eigenvalue weighted by atomic mass is 32.1. The Balaban J connectivity index is 2.23. The third kappa shape index (κ3) is 1.19. The van der Waals surface area contributed by atoms with Crippen LogP contribution in [0, 0.1) is 0 Å². The van der Waals surface area contributed by atoms with Crippen molar-refractivity contribution in [2.24, 2.45) is 0 Å². The Bertz CT molecular complexity index is 517. The van der Waals surface area contributed by atoms with Crippen LogP contribution in [-0.4, -0.2) is 15.0 Å². The molecule has 0 saturated heterocycles. The molecule has 2 aromatic rings. The Kier molecular flexibility index (Phi) is 1.73. The van der Waals surface area contributed by atoms with E-state index < -0.39 is 0 Å². The molecule has 1 aliphatic rings. The molecule has 4 heteroatoms. The number of hydrogen-bond donors (Lipinski definition) is 1. The summed E-state index contributed by atoms with van der Waals surface area (Å²) in [5, 5.41) is 4.21. The van der Waals surface area contributed by atoms with Gasteiger partial charge in [0.2, 0.25) is 0 Å². The molecule has 2 heterocycles. The van der Waals surface area contributed by atoms with Gasteiger partial charge in [0.1, 0.15) is 5.69 Å². The van der Waals surface area contributed by atoms with Gasteiger partial charge < -0.3 is 4.98 Å². The second kappa shape index (κ2) is 3.06. The summed E-state index contributed by atoms with van der Waals surface area (Å²) < 4.78 is 0. The summed E-state index contributed by atoms with van der Waals surface area (Å²) in [5.41, 5.74) is 2.76. The summed E-state index contributed by atoms with van der Waals surface area (Å²) in [6.45, 7) is 0. The summed E-state index contributed by atoms with van der Waals surface area (Å²) in [6, 6.07) is 0. The smallest absolute Gasteiger partial charge is 0.158 e. The normalized spacial score (nSPS) is 14.3. The average molecular weight is 203 g/mol. The van der Waals surface area contributed by atoms with Crippen LogP contribution in [0.2, 0.25) is 0 Å². The minimum Gasteiger partial charge on any atom is -0.337 e. The van der Waals surface area contributed by atoms with Crippen LogP contribution in [-0.2, 0) is 0 Å². The second-order valence-corrected chi connectivity index (χ2v) is 3.96. The number of nitrogens with one attached hydrogen (secondary N) is 1. The highest BCUT2D eigenvalue weighted by Gasteiger charge is 2.05. The minimum atomic E-state index is 0.880. The van der Waals surface area contributed by atoms with Gasteiger partial charge in [0.25, 0.3) is 0 Å². The first-order chi connectivity index (χ1) is 6.93. The molecule has 1 N–H and O–H groups in total. The molecule has 0 aliphatic heterocycles. The largest absolute Gasteiger partial charge is 0.337 e. The number of nitrogens with zero attached hydrogens (tertiary/aromatic N) is 2. The van der Waals surface area contributed by atoms with Gasteiger partial charge in [0.05, 0.1) is 16.2 Å². The third-order valence-electron chi connectivity index (χ3n) is 2.29. The van der Waals surface area contributed by atoms with E-state index in [1.165, 1.54) is 0 Å². The molecule has 0 saturated carbocycles. The minimum absolute atomic E-state index is 0.880. The lowest BCUT2D eigenvalue weighted by molar-refractivity contribution is 1.09. The summed E-state index contributed by atoms with van der Waals surface area (Å²) in [7, 11) is 0. The molecule has 14 heavy (non-hydrogen) atoms. The molecular formula is C10H9N3S. The molecule has 0 atom stereocenters. The van der Waals surface area contributed by atoms with Crippen molar-refractivity contribution in [3.05, 3.63) is 21.6 Å². The predicted molar refractivity (Wildman–Crippen MR) is 57.1 cm³/mol. The number of hydrogen-bond acceptors (Lipinski definition) is 3. The van der Waals surface area contributed by atoms with E-state index in [0.717, 1.165) is 35.1 Å². The monoisotopic (exact) mass is 203 g/mol. The summed E-state index contributed by atoms with van der Waals surface area (Å²) >= 11 is 1.59. The number of rotatable bonds is 1. The fourth-order valence-electron chi connectivity index (χ4n) is 1.61. The van der Waals surface area contributed by atoms with Crippen LogP contribution >= 0.6 is 11.3 Å². The number of aromatic nitrogens is 3. The van der Waals surface area contributed by atoms with E-state index >= 15 is 0 Å². The quantitative estimate of drug-likeness (QED) is 0.747. The lowest BCUT2D eigenvalue weighted by Crippen LogP contribution is -2.26. The lowest BCUT2D eigenvalue weighted by atomic mass is 10.2. The molecule has 70 valence electrons. The number of fused-ring (bicyclic) bond motifs is 1. The zero-order chi connectivity index (χ0) is 9.38. The Morgan fingerprint density at radius 3 is 3.00 bits per heavy atom. The van der Waals surface area contributed by atoms with Crippen LogP contribution in [0.3, 0.4) is 0 Å². The van der Waals surface area contributed by atoms with E-state index in [0.29, 0.717) is 0 Å². The van der Waals surface area contributed by atoms with Crippen LogP contribution in [0.1, 0.15) is 12.8 Å². The maximum absolute atomic E-state index is 4.50. The maximum atomic E-state index is 4.50. The Labute approximate surface area is 84.9 Å². The summed E-state index contributed by atoms with van der Waals surface area (Å²) in [6.07, 6.45) is 6.56. The van der Waals surface area contributed by atoms with Gasteiger partial charge in [-0.25, -0.2) is 9.97 Å². The van der Waals surface area contributed by atoms with Crippen LogP contribution in [0.5, 0.6) is 0 Å². The van der Waals surface area contributed by atoms with Crippen molar-refractivity contribution in [1.29, 1.82) is 0 Å². The first-order valence-corrected chi connectivity index (χ1v) is 5.53. The fourth-order valence-corrected chi connectivity index (χ4v) is 2.15. The number of H-pyrrole nitrogens is 1. The standard InChI is InChI=1S/C10H9N3S/c1-2-4-8-7(3-1)12-10(13-8)9-5-14-6-11-9/h3-6H,1-2H2,(H,12,13). The Morgan fingerprint density at radius 1 is 1.29 bits per heavy atom. The molecule has 0 fully saturated rings. The Morgan fingerprint density at radius 2 is 2.21 bits per heavy atom. The molecule has 0 bridgehead atoms. The van der Waals surface area contributed by atoms with Gasteiger partial charge in [-0.1, -0.05) is 12.2 Å². The summed E-state index contributed by atoms with van der Waals surface area (Å²) in [5.74, 6) is 0.880. The number of thiazole rings is 1. The first-order valence-electron chi connectivity index (χ1n) is 4.58. The molecule has 0 unspecified atom stereocenters. The zero-order valence-electron chi connectivity index (χ0n) is 7.53. The second-order valence-electron chi connectivity index (χ2n) is 3.24. The molecule has 1 aliphatic carbocycles. The van der Waals surface area contributed by atoms with Crippen molar-refractivity contribution in [2.45, 2.75) is 12.8 Å². The number of aromatic amines is 1. The highest BCUT2D eigenvalue weighted by molar-refractivity contribution is 7.07. The van der Waals surface area contributed by atoms with E-state index in [-0.39, 0.29) is 0 Å². The average Bonchev–Trinajstić information content (AvgIpc) is 2.86. The fraction of sp³-hybridized carbons (Fsp3) is 0.200. The van der Waals surface area contributed by atoms with Gasteiger partial charge in [-0.2, -0.15) is 0 Å². The molecule has 3 rings (SSSR count). The molecular weight excluding hydrogens is 194 g/mol. The van der Waals surface area contributed by atoms with Crippen LogP contribution in [0.4, 0.5) is 0 Å².